The van der Waals surface area contributed by atoms with Crippen molar-refractivity contribution in [3.8, 4) is 0 Å². The van der Waals surface area contributed by atoms with Gasteiger partial charge in [-0.1, -0.05) is 41.9 Å². The molecule has 0 amide bonds. The van der Waals surface area contributed by atoms with Crippen molar-refractivity contribution in [3.05, 3.63) is 58.7 Å². The SMILES string of the molecule is O=Cc1cnc(N[C@H]2CCN(Cc3ccccc3)C2)c(Cl)c1. The number of rotatable bonds is 5. The normalized spacial score (nSPS) is 18.3. The summed E-state index contributed by atoms with van der Waals surface area (Å²) >= 11 is 6.16. The second-order valence-electron chi connectivity index (χ2n) is 5.57. The van der Waals surface area contributed by atoms with Gasteiger partial charge in [0.1, 0.15) is 5.82 Å². The van der Waals surface area contributed by atoms with Crippen molar-refractivity contribution in [1.29, 1.82) is 0 Å². The monoisotopic (exact) mass is 315 g/mol. The van der Waals surface area contributed by atoms with Gasteiger partial charge in [-0.25, -0.2) is 4.98 Å². The Morgan fingerprint density at radius 2 is 2.18 bits per heavy atom. The van der Waals surface area contributed by atoms with Gasteiger partial charge in [-0.15, -0.1) is 0 Å². The minimum atomic E-state index is 0.329. The molecule has 0 aliphatic carbocycles. The van der Waals surface area contributed by atoms with Gasteiger partial charge in [0.15, 0.2) is 6.29 Å². The number of benzene rings is 1. The molecule has 0 unspecified atom stereocenters. The van der Waals surface area contributed by atoms with E-state index in [4.69, 9.17) is 11.6 Å². The molecule has 2 aromatic rings. The summed E-state index contributed by atoms with van der Waals surface area (Å²) in [4.78, 5) is 17.4. The molecule has 0 bridgehead atoms. The van der Waals surface area contributed by atoms with Crippen molar-refractivity contribution in [2.75, 3.05) is 18.4 Å². The molecule has 1 fully saturated rings. The van der Waals surface area contributed by atoms with E-state index in [0.29, 0.717) is 22.4 Å². The highest BCUT2D eigenvalue weighted by Gasteiger charge is 2.23. The predicted molar refractivity (Wildman–Crippen MR) is 88.4 cm³/mol. The van der Waals surface area contributed by atoms with E-state index in [1.54, 1.807) is 6.07 Å². The summed E-state index contributed by atoms with van der Waals surface area (Å²) in [6.45, 7) is 2.98. The van der Waals surface area contributed by atoms with E-state index >= 15 is 0 Å². The molecular formula is C17H18ClN3O. The molecule has 114 valence electrons. The van der Waals surface area contributed by atoms with Gasteiger partial charge >= 0.3 is 0 Å². The third-order valence-electron chi connectivity index (χ3n) is 3.86. The predicted octanol–water partition coefficient (Wildman–Crippen LogP) is 3.23. The van der Waals surface area contributed by atoms with Gasteiger partial charge in [-0.2, -0.15) is 0 Å². The third kappa shape index (κ3) is 3.64. The number of anilines is 1. The molecule has 0 saturated carbocycles. The van der Waals surface area contributed by atoms with Crippen molar-refractivity contribution >= 4 is 23.7 Å². The molecule has 3 rings (SSSR count). The van der Waals surface area contributed by atoms with Crippen LogP contribution in [-0.2, 0) is 6.54 Å². The maximum Gasteiger partial charge on any atom is 0.151 e. The fraction of sp³-hybridized carbons (Fsp3) is 0.294. The Bertz CT molecular complexity index is 648. The molecule has 1 N–H and O–H groups in total. The number of carbonyl (C=O) groups excluding carboxylic acids is 1. The number of nitrogens with one attached hydrogen (secondary N) is 1. The lowest BCUT2D eigenvalue weighted by Gasteiger charge is -2.17. The highest BCUT2D eigenvalue weighted by molar-refractivity contribution is 6.33. The fourth-order valence-corrected chi connectivity index (χ4v) is 2.98. The van der Waals surface area contributed by atoms with Gasteiger partial charge in [0, 0.05) is 37.4 Å². The van der Waals surface area contributed by atoms with Crippen molar-refractivity contribution in [3.63, 3.8) is 0 Å². The Kier molecular flexibility index (Phi) is 4.71. The summed E-state index contributed by atoms with van der Waals surface area (Å²) < 4.78 is 0. The zero-order chi connectivity index (χ0) is 15.4. The number of pyridine rings is 1. The second kappa shape index (κ2) is 6.90. The van der Waals surface area contributed by atoms with Crippen molar-refractivity contribution in [2.24, 2.45) is 0 Å². The van der Waals surface area contributed by atoms with E-state index in [1.165, 1.54) is 11.8 Å². The molecule has 2 heterocycles. The van der Waals surface area contributed by atoms with Crippen LogP contribution in [0.1, 0.15) is 22.3 Å². The summed E-state index contributed by atoms with van der Waals surface area (Å²) in [5.41, 5.74) is 1.82. The molecule has 1 aromatic carbocycles. The minimum Gasteiger partial charge on any atom is -0.365 e. The lowest BCUT2D eigenvalue weighted by molar-refractivity contribution is 0.112. The number of likely N-dealkylation sites (tertiary alicyclic amines) is 1. The van der Waals surface area contributed by atoms with E-state index < -0.39 is 0 Å². The first kappa shape index (κ1) is 15.0. The Morgan fingerprint density at radius 3 is 2.91 bits per heavy atom. The molecule has 22 heavy (non-hydrogen) atoms. The van der Waals surface area contributed by atoms with Crippen molar-refractivity contribution in [1.82, 2.24) is 9.88 Å². The molecule has 0 spiro atoms. The number of halogens is 1. The van der Waals surface area contributed by atoms with Crippen LogP contribution in [0.5, 0.6) is 0 Å². The molecule has 0 radical (unpaired) electrons. The lowest BCUT2D eigenvalue weighted by Crippen LogP contribution is -2.26. The number of nitrogens with zero attached hydrogens (tertiary/aromatic N) is 2. The molecule has 1 saturated heterocycles. The molecule has 1 aliphatic rings. The average Bonchev–Trinajstić information content (AvgIpc) is 2.97. The molecular weight excluding hydrogens is 298 g/mol. The van der Waals surface area contributed by atoms with Crippen LogP contribution in [-0.4, -0.2) is 35.3 Å². The number of aldehydes is 1. The van der Waals surface area contributed by atoms with Crippen LogP contribution in [0.4, 0.5) is 5.82 Å². The number of carbonyl (C=O) groups is 1. The highest BCUT2D eigenvalue weighted by atomic mass is 35.5. The Balaban J connectivity index is 1.58. The number of hydrogen-bond donors (Lipinski definition) is 1. The van der Waals surface area contributed by atoms with Crippen LogP contribution in [0, 0.1) is 0 Å². The fourth-order valence-electron chi connectivity index (χ4n) is 2.75. The zero-order valence-corrected chi connectivity index (χ0v) is 13.0. The van der Waals surface area contributed by atoms with Crippen LogP contribution in [0.25, 0.3) is 0 Å². The van der Waals surface area contributed by atoms with Crippen molar-refractivity contribution < 1.29 is 4.79 Å². The number of hydrogen-bond acceptors (Lipinski definition) is 4. The van der Waals surface area contributed by atoms with Crippen LogP contribution in [0.3, 0.4) is 0 Å². The van der Waals surface area contributed by atoms with E-state index in [1.807, 2.05) is 6.07 Å². The quantitative estimate of drug-likeness (QED) is 0.860. The topological polar surface area (TPSA) is 45.2 Å². The van der Waals surface area contributed by atoms with E-state index in [9.17, 15) is 4.79 Å². The van der Waals surface area contributed by atoms with Crippen LogP contribution >= 0.6 is 11.6 Å². The lowest BCUT2D eigenvalue weighted by atomic mass is 10.2. The molecule has 1 atom stereocenters. The summed E-state index contributed by atoms with van der Waals surface area (Å²) in [6.07, 6.45) is 3.35. The summed E-state index contributed by atoms with van der Waals surface area (Å²) in [5.74, 6) is 0.652. The van der Waals surface area contributed by atoms with Gasteiger partial charge in [0.05, 0.1) is 5.02 Å². The average molecular weight is 316 g/mol. The van der Waals surface area contributed by atoms with E-state index in [-0.39, 0.29) is 0 Å². The Hall–Kier alpha value is -1.91. The van der Waals surface area contributed by atoms with Gasteiger partial charge in [0.25, 0.3) is 0 Å². The maximum absolute atomic E-state index is 10.7. The Morgan fingerprint density at radius 1 is 1.36 bits per heavy atom. The summed E-state index contributed by atoms with van der Waals surface area (Å²) in [6, 6.07) is 12.4. The first-order valence-electron chi connectivity index (χ1n) is 7.38. The van der Waals surface area contributed by atoms with Crippen LogP contribution in [0.2, 0.25) is 5.02 Å². The maximum atomic E-state index is 10.7. The van der Waals surface area contributed by atoms with E-state index in [2.05, 4.69) is 39.5 Å². The summed E-state index contributed by atoms with van der Waals surface area (Å²) in [7, 11) is 0. The minimum absolute atomic E-state index is 0.329. The van der Waals surface area contributed by atoms with E-state index in [0.717, 1.165) is 32.3 Å². The second-order valence-corrected chi connectivity index (χ2v) is 5.97. The zero-order valence-electron chi connectivity index (χ0n) is 12.2. The smallest absolute Gasteiger partial charge is 0.151 e. The van der Waals surface area contributed by atoms with Crippen LogP contribution in [0.15, 0.2) is 42.6 Å². The molecule has 5 heteroatoms. The standard InChI is InChI=1S/C17H18ClN3O/c18-16-8-14(12-22)9-19-17(16)20-15-6-7-21(11-15)10-13-4-2-1-3-5-13/h1-5,8-9,12,15H,6-7,10-11H2,(H,19,20)/t15-/m0/s1. The molecule has 1 aliphatic heterocycles. The Labute approximate surface area is 135 Å². The highest BCUT2D eigenvalue weighted by Crippen LogP contribution is 2.23. The molecule has 1 aromatic heterocycles. The first-order chi connectivity index (χ1) is 10.7. The van der Waals surface area contributed by atoms with Crippen LogP contribution < -0.4 is 5.32 Å². The number of aromatic nitrogens is 1. The largest absolute Gasteiger partial charge is 0.365 e. The van der Waals surface area contributed by atoms with Crippen molar-refractivity contribution in [2.45, 2.75) is 19.0 Å². The van der Waals surface area contributed by atoms with Gasteiger partial charge in [-0.05, 0) is 18.1 Å². The van der Waals surface area contributed by atoms with Gasteiger partial charge in [-0.3, -0.25) is 9.69 Å². The van der Waals surface area contributed by atoms with Gasteiger partial charge in [0.2, 0.25) is 0 Å². The van der Waals surface area contributed by atoms with Gasteiger partial charge < -0.3 is 5.32 Å². The first-order valence-corrected chi connectivity index (χ1v) is 7.76. The molecule has 4 nitrogen and oxygen atoms in total. The third-order valence-corrected chi connectivity index (χ3v) is 4.15. The summed E-state index contributed by atoms with van der Waals surface area (Å²) in [5, 5.41) is 3.87.